The van der Waals surface area contributed by atoms with Crippen molar-refractivity contribution in [2.24, 2.45) is 5.73 Å². The number of carbonyl (C=O) groups is 1. The first-order chi connectivity index (χ1) is 8.90. The van der Waals surface area contributed by atoms with Crippen molar-refractivity contribution in [1.82, 2.24) is 5.32 Å². The number of hydrogen-bond donors (Lipinski definition) is 4. The van der Waals surface area contributed by atoms with E-state index in [1.165, 1.54) is 6.92 Å². The maximum Gasteiger partial charge on any atom is 0.216 e. The summed E-state index contributed by atoms with van der Waals surface area (Å²) in [5.41, 5.74) is 6.61. The molecule has 0 saturated carbocycles. The summed E-state index contributed by atoms with van der Waals surface area (Å²) >= 11 is 0. The minimum atomic E-state index is -0.123. The Morgan fingerprint density at radius 3 is 2.16 bits per heavy atom. The van der Waals surface area contributed by atoms with Gasteiger partial charge in [0.2, 0.25) is 5.91 Å². The quantitative estimate of drug-likeness (QED) is 0.520. The molecule has 5 N–H and O–H groups in total. The molecule has 1 atom stereocenters. The molecule has 0 aromatic rings. The lowest BCUT2D eigenvalue weighted by Gasteiger charge is -2.12. The Kier molecular flexibility index (Phi) is 14.5. The Hall–Kier alpha value is -0.910. The molecule has 0 bridgehead atoms. The highest BCUT2D eigenvalue weighted by molar-refractivity contribution is 5.72. The van der Waals surface area contributed by atoms with Crippen molar-refractivity contribution in [3.8, 4) is 0 Å². The number of hydrogen-bond acceptors (Lipinski definition) is 4. The molecule has 5 heteroatoms. The van der Waals surface area contributed by atoms with E-state index in [1.54, 1.807) is 0 Å². The molecule has 1 amide bonds. The van der Waals surface area contributed by atoms with Gasteiger partial charge in [-0.25, -0.2) is 0 Å². The molecule has 0 rings (SSSR count). The molecule has 0 spiro atoms. The Bertz CT molecular complexity index is 251. The van der Waals surface area contributed by atoms with Crippen LogP contribution in [-0.2, 0) is 4.79 Å². The van der Waals surface area contributed by atoms with Gasteiger partial charge in [0.15, 0.2) is 0 Å². The second-order valence-corrected chi connectivity index (χ2v) is 4.48. The monoisotopic (exact) mass is 274 g/mol. The summed E-state index contributed by atoms with van der Waals surface area (Å²) in [6.45, 7) is 7.76. The third-order valence-electron chi connectivity index (χ3n) is 2.69. The van der Waals surface area contributed by atoms with Crippen molar-refractivity contribution in [3.05, 3.63) is 11.6 Å². The number of aliphatic hydroxyl groups is 2. The van der Waals surface area contributed by atoms with Crippen molar-refractivity contribution >= 4 is 5.91 Å². The summed E-state index contributed by atoms with van der Waals surface area (Å²) in [7, 11) is 0. The first kappa shape index (κ1) is 20.4. The highest BCUT2D eigenvalue weighted by Crippen LogP contribution is 2.01. The predicted molar refractivity (Wildman–Crippen MR) is 78.7 cm³/mol. The molecular formula is C14H30N2O3. The molecule has 0 aliphatic carbocycles. The molecule has 0 aromatic heterocycles. The molecule has 0 saturated heterocycles. The molecule has 0 fully saturated rings. The van der Waals surface area contributed by atoms with Crippen molar-refractivity contribution in [2.45, 2.75) is 59.1 Å². The number of carbonyl (C=O) groups excluding carboxylic acids is 1. The second-order valence-electron chi connectivity index (χ2n) is 4.48. The molecule has 19 heavy (non-hydrogen) atoms. The van der Waals surface area contributed by atoms with E-state index < -0.39 is 0 Å². The first-order valence-electron chi connectivity index (χ1n) is 6.84. The van der Waals surface area contributed by atoms with Crippen LogP contribution in [0.3, 0.4) is 0 Å². The van der Waals surface area contributed by atoms with Crippen molar-refractivity contribution < 1.29 is 15.0 Å². The van der Waals surface area contributed by atoms with Gasteiger partial charge in [-0.3, -0.25) is 4.79 Å². The van der Waals surface area contributed by atoms with E-state index in [4.69, 9.17) is 15.9 Å². The molecule has 1 unspecified atom stereocenters. The Morgan fingerprint density at radius 2 is 1.89 bits per heavy atom. The van der Waals surface area contributed by atoms with Gasteiger partial charge in [-0.2, -0.15) is 0 Å². The molecule has 0 heterocycles. The van der Waals surface area contributed by atoms with Gasteiger partial charge in [-0.05, 0) is 31.8 Å². The Balaban J connectivity index is 0. The third-order valence-corrected chi connectivity index (χ3v) is 2.69. The van der Waals surface area contributed by atoms with Gasteiger partial charge in [0.05, 0.1) is 12.7 Å². The minimum Gasteiger partial charge on any atom is -0.393 e. The van der Waals surface area contributed by atoms with E-state index in [9.17, 15) is 4.79 Å². The Labute approximate surface area is 116 Å². The number of nitrogens with two attached hydrogens (primary N) is 1. The average Bonchev–Trinajstić information content (AvgIpc) is 2.42. The average molecular weight is 274 g/mol. The minimum absolute atomic E-state index is 0.0320. The van der Waals surface area contributed by atoms with Crippen LogP contribution in [0.5, 0.6) is 0 Å². The zero-order chi connectivity index (χ0) is 15.3. The molecule has 114 valence electrons. The second kappa shape index (κ2) is 13.5. The van der Waals surface area contributed by atoms with Crippen LogP contribution in [0.4, 0.5) is 0 Å². The van der Waals surface area contributed by atoms with Gasteiger partial charge in [-0.15, -0.1) is 0 Å². The van der Waals surface area contributed by atoms with Gasteiger partial charge in [0.25, 0.3) is 0 Å². The van der Waals surface area contributed by atoms with Crippen LogP contribution in [0.15, 0.2) is 11.6 Å². The van der Waals surface area contributed by atoms with Gasteiger partial charge < -0.3 is 21.3 Å². The van der Waals surface area contributed by atoms with Gasteiger partial charge in [0, 0.05) is 19.5 Å². The number of amides is 1. The zero-order valence-electron chi connectivity index (χ0n) is 12.6. The maximum absolute atomic E-state index is 10.5. The van der Waals surface area contributed by atoms with Crippen molar-refractivity contribution in [2.75, 3.05) is 13.2 Å². The van der Waals surface area contributed by atoms with E-state index in [-0.39, 0.29) is 24.7 Å². The van der Waals surface area contributed by atoms with Crippen LogP contribution in [0.1, 0.15) is 47.0 Å². The normalized spacial score (nSPS) is 12.7. The third kappa shape index (κ3) is 15.0. The standard InChI is InChI=1S/C9H18N2O2.C5H12O/c1-3-8(6-12)4-9(10)5-11-7(2)13;1-3-5(6)4-2/h3,9,12H,4-6,10H2,1-2H3,(H,11,13);5-6H,3-4H2,1-2H3/b8-3+;. The lowest BCUT2D eigenvalue weighted by atomic mass is 10.1. The molecular weight excluding hydrogens is 244 g/mol. The summed E-state index contributed by atoms with van der Waals surface area (Å²) in [5.74, 6) is -0.0820. The summed E-state index contributed by atoms with van der Waals surface area (Å²) < 4.78 is 0. The fraction of sp³-hybridized carbons (Fsp3) is 0.786. The highest BCUT2D eigenvalue weighted by atomic mass is 16.3. The maximum atomic E-state index is 10.5. The van der Waals surface area contributed by atoms with Gasteiger partial charge in [-0.1, -0.05) is 19.9 Å². The topological polar surface area (TPSA) is 95.6 Å². The van der Waals surface area contributed by atoms with E-state index in [2.05, 4.69) is 5.32 Å². The van der Waals surface area contributed by atoms with E-state index in [0.717, 1.165) is 18.4 Å². The van der Waals surface area contributed by atoms with Gasteiger partial charge >= 0.3 is 0 Å². The summed E-state index contributed by atoms with van der Waals surface area (Å²) in [4.78, 5) is 10.5. The van der Waals surface area contributed by atoms with E-state index >= 15 is 0 Å². The van der Waals surface area contributed by atoms with E-state index in [1.807, 2.05) is 26.8 Å². The lowest BCUT2D eigenvalue weighted by molar-refractivity contribution is -0.119. The number of nitrogens with one attached hydrogen (secondary N) is 1. The largest absolute Gasteiger partial charge is 0.393 e. The van der Waals surface area contributed by atoms with Crippen molar-refractivity contribution in [3.63, 3.8) is 0 Å². The van der Waals surface area contributed by atoms with Crippen molar-refractivity contribution in [1.29, 1.82) is 0 Å². The first-order valence-corrected chi connectivity index (χ1v) is 6.84. The molecule has 0 aromatic carbocycles. The molecule has 0 radical (unpaired) electrons. The fourth-order valence-electron chi connectivity index (χ4n) is 1.25. The highest BCUT2D eigenvalue weighted by Gasteiger charge is 2.05. The van der Waals surface area contributed by atoms with E-state index in [0.29, 0.717) is 13.0 Å². The zero-order valence-corrected chi connectivity index (χ0v) is 12.6. The molecule has 0 aliphatic heterocycles. The summed E-state index contributed by atoms with van der Waals surface area (Å²) in [5, 5.41) is 20.1. The smallest absolute Gasteiger partial charge is 0.216 e. The van der Waals surface area contributed by atoms with Crippen LogP contribution < -0.4 is 11.1 Å². The lowest BCUT2D eigenvalue weighted by Crippen LogP contribution is -2.36. The van der Waals surface area contributed by atoms with Crippen LogP contribution >= 0.6 is 0 Å². The number of allylic oxidation sites excluding steroid dienone is 1. The predicted octanol–water partition coefficient (Wildman–Crippen LogP) is 0.946. The molecule has 0 aliphatic rings. The Morgan fingerprint density at radius 1 is 1.37 bits per heavy atom. The van der Waals surface area contributed by atoms with Crippen LogP contribution in [0.2, 0.25) is 0 Å². The fourth-order valence-corrected chi connectivity index (χ4v) is 1.25. The SMILES string of the molecule is C/C=C(/CO)CC(N)CNC(C)=O.CCC(O)CC. The summed E-state index contributed by atoms with van der Waals surface area (Å²) in [6, 6.07) is -0.123. The number of aliphatic hydroxyl groups excluding tert-OH is 2. The number of rotatable bonds is 7. The van der Waals surface area contributed by atoms with Gasteiger partial charge in [0.1, 0.15) is 0 Å². The van der Waals surface area contributed by atoms with Crippen LogP contribution in [0, 0.1) is 0 Å². The van der Waals surface area contributed by atoms with Crippen LogP contribution in [0.25, 0.3) is 0 Å². The molecule has 5 nitrogen and oxygen atoms in total. The van der Waals surface area contributed by atoms with Crippen LogP contribution in [-0.4, -0.2) is 41.4 Å². The summed E-state index contributed by atoms with van der Waals surface area (Å²) in [6.07, 6.45) is 4.17.